The molecule has 2 aromatic carbocycles. The van der Waals surface area contributed by atoms with Crippen molar-refractivity contribution in [3.63, 3.8) is 0 Å². The van der Waals surface area contributed by atoms with Gasteiger partial charge in [-0.25, -0.2) is 0 Å². The van der Waals surface area contributed by atoms with E-state index < -0.39 is 0 Å². The molecule has 0 radical (unpaired) electrons. The molecule has 0 amide bonds. The van der Waals surface area contributed by atoms with Crippen LogP contribution < -0.4 is 10.8 Å². The van der Waals surface area contributed by atoms with Crippen LogP contribution in [0.3, 0.4) is 0 Å². The van der Waals surface area contributed by atoms with Crippen LogP contribution in [0.4, 0.5) is 5.69 Å². The Kier molecular flexibility index (Phi) is 6.41. The van der Waals surface area contributed by atoms with Gasteiger partial charge in [0.2, 0.25) is 0 Å². The quantitative estimate of drug-likeness (QED) is 0.505. The Morgan fingerprint density at radius 3 is 2.54 bits per heavy atom. The molecule has 0 fully saturated rings. The number of rotatable bonds is 8. The van der Waals surface area contributed by atoms with E-state index in [0.717, 1.165) is 26.9 Å². The Morgan fingerprint density at radius 2 is 1.77 bits per heavy atom. The average molecular weight is 410 g/mol. The van der Waals surface area contributed by atoms with Crippen LogP contribution in [0.1, 0.15) is 16.7 Å². The summed E-state index contributed by atoms with van der Waals surface area (Å²) < 4.78 is 0.980. The summed E-state index contributed by atoms with van der Waals surface area (Å²) in [5.41, 5.74) is 7.82. The Bertz CT molecular complexity index is 854. The van der Waals surface area contributed by atoms with Gasteiger partial charge in [0.1, 0.15) is 0 Å². The summed E-state index contributed by atoms with van der Waals surface area (Å²) in [4.78, 5) is 9.63. The van der Waals surface area contributed by atoms with Gasteiger partial charge in [0.25, 0.3) is 0 Å². The first kappa shape index (κ1) is 18.2. The van der Waals surface area contributed by atoms with Gasteiger partial charge >= 0.3 is 0 Å². The van der Waals surface area contributed by atoms with E-state index in [9.17, 15) is 0 Å². The summed E-state index contributed by atoms with van der Waals surface area (Å²) in [7, 11) is 0. The van der Waals surface area contributed by atoms with Crippen molar-refractivity contribution in [2.24, 2.45) is 0 Å². The predicted molar refractivity (Wildman–Crippen MR) is 109 cm³/mol. The molecular weight excluding hydrogens is 390 g/mol. The van der Waals surface area contributed by atoms with Gasteiger partial charge < -0.3 is 5.32 Å². The summed E-state index contributed by atoms with van der Waals surface area (Å²) in [6.07, 6.45) is 3.58. The number of halogens is 1. The highest BCUT2D eigenvalue weighted by molar-refractivity contribution is 9.10. The maximum atomic E-state index is 5.59. The first-order valence-corrected chi connectivity index (χ1v) is 9.05. The largest absolute Gasteiger partial charge is 0.380 e. The van der Waals surface area contributed by atoms with Gasteiger partial charge in [-0.1, -0.05) is 52.8 Å². The lowest BCUT2D eigenvalue weighted by Crippen LogP contribution is -2.14. The van der Waals surface area contributed by atoms with E-state index in [-0.39, 0.29) is 0 Å². The van der Waals surface area contributed by atoms with Crippen molar-refractivity contribution < 1.29 is 4.84 Å². The normalized spacial score (nSPS) is 10.3. The Labute approximate surface area is 162 Å². The molecule has 2 N–H and O–H groups in total. The maximum absolute atomic E-state index is 5.59. The van der Waals surface area contributed by atoms with Crippen molar-refractivity contribution in [2.45, 2.75) is 13.2 Å². The van der Waals surface area contributed by atoms with Crippen LogP contribution in [0.15, 0.2) is 84.1 Å². The summed E-state index contributed by atoms with van der Waals surface area (Å²) in [6.45, 7) is 5.28. The number of aromatic nitrogens is 1. The second-order valence-electron chi connectivity index (χ2n) is 5.75. The van der Waals surface area contributed by atoms with Gasteiger partial charge in [-0.05, 0) is 41.5 Å². The van der Waals surface area contributed by atoms with Crippen molar-refractivity contribution in [1.29, 1.82) is 0 Å². The van der Waals surface area contributed by atoms with E-state index in [1.165, 1.54) is 0 Å². The molecule has 0 unspecified atom stereocenters. The number of nitrogens with zero attached hydrogens (tertiary/aromatic N) is 1. The highest BCUT2D eigenvalue weighted by atomic mass is 79.9. The first-order valence-electron chi connectivity index (χ1n) is 8.26. The van der Waals surface area contributed by atoms with Crippen LogP contribution >= 0.6 is 15.9 Å². The lowest BCUT2D eigenvalue weighted by molar-refractivity contribution is 0.0648. The molecule has 0 saturated carbocycles. The van der Waals surface area contributed by atoms with Crippen LogP contribution in [-0.4, -0.2) is 4.98 Å². The third-order valence-electron chi connectivity index (χ3n) is 3.82. The van der Waals surface area contributed by atoms with Gasteiger partial charge in [-0.3, -0.25) is 15.3 Å². The average Bonchev–Trinajstić information content (AvgIpc) is 2.68. The zero-order valence-corrected chi connectivity index (χ0v) is 15.9. The maximum Gasteiger partial charge on any atom is 0.0996 e. The van der Waals surface area contributed by atoms with Gasteiger partial charge in [-0.15, -0.1) is 0 Å². The molecule has 0 spiro atoms. The number of benzene rings is 2. The standard InChI is InChI=1S/C21H20BrN3O/c1-16(25-26-15-18-5-3-2-4-6-18)20-13-19(22)7-8-21(20)24-14-17-9-11-23-12-10-17/h2-13,24-25H,1,14-15H2. The Balaban J connectivity index is 1.63. The van der Waals surface area contributed by atoms with Crippen molar-refractivity contribution in [3.8, 4) is 0 Å². The third-order valence-corrected chi connectivity index (χ3v) is 4.31. The van der Waals surface area contributed by atoms with E-state index in [2.05, 4.69) is 38.3 Å². The fraction of sp³-hybridized carbons (Fsp3) is 0.0952. The molecule has 0 aliphatic rings. The molecule has 1 aromatic heterocycles. The fourth-order valence-electron chi connectivity index (χ4n) is 2.45. The number of hydrogen-bond acceptors (Lipinski definition) is 4. The Hall–Kier alpha value is -2.63. The van der Waals surface area contributed by atoms with Gasteiger partial charge in [0.15, 0.2) is 0 Å². The molecule has 0 aliphatic heterocycles. The first-order chi connectivity index (χ1) is 12.7. The van der Waals surface area contributed by atoms with E-state index in [0.29, 0.717) is 18.8 Å². The number of nitrogens with one attached hydrogen (secondary N) is 2. The molecule has 4 nitrogen and oxygen atoms in total. The summed E-state index contributed by atoms with van der Waals surface area (Å²) in [5, 5.41) is 3.44. The molecule has 0 atom stereocenters. The highest BCUT2D eigenvalue weighted by Crippen LogP contribution is 2.26. The number of hydrogen-bond donors (Lipinski definition) is 2. The van der Waals surface area contributed by atoms with Crippen LogP contribution in [0, 0.1) is 0 Å². The smallest absolute Gasteiger partial charge is 0.0996 e. The summed E-state index contributed by atoms with van der Waals surface area (Å²) in [5.74, 6) is 0. The van der Waals surface area contributed by atoms with Gasteiger partial charge in [-0.2, -0.15) is 0 Å². The predicted octanol–water partition coefficient (Wildman–Crippen LogP) is 5.15. The molecule has 1 heterocycles. The molecule has 5 heteroatoms. The van der Waals surface area contributed by atoms with Gasteiger partial charge in [0.05, 0.1) is 12.3 Å². The fourth-order valence-corrected chi connectivity index (χ4v) is 2.82. The van der Waals surface area contributed by atoms with Crippen LogP contribution in [-0.2, 0) is 18.0 Å². The van der Waals surface area contributed by atoms with Crippen molar-refractivity contribution in [1.82, 2.24) is 10.5 Å². The zero-order chi connectivity index (χ0) is 18.2. The number of pyridine rings is 1. The highest BCUT2D eigenvalue weighted by Gasteiger charge is 2.08. The van der Waals surface area contributed by atoms with Crippen LogP contribution in [0.5, 0.6) is 0 Å². The molecule has 26 heavy (non-hydrogen) atoms. The van der Waals surface area contributed by atoms with E-state index in [4.69, 9.17) is 4.84 Å². The minimum atomic E-state index is 0.466. The molecular formula is C21H20BrN3O. The van der Waals surface area contributed by atoms with Crippen molar-refractivity contribution in [2.75, 3.05) is 5.32 Å². The third kappa shape index (κ3) is 5.18. The molecule has 3 aromatic rings. The van der Waals surface area contributed by atoms with Crippen LogP contribution in [0.25, 0.3) is 5.70 Å². The summed E-state index contributed by atoms with van der Waals surface area (Å²) in [6, 6.07) is 20.0. The monoisotopic (exact) mass is 409 g/mol. The molecule has 0 saturated heterocycles. The van der Waals surface area contributed by atoms with E-state index in [1.54, 1.807) is 12.4 Å². The van der Waals surface area contributed by atoms with E-state index >= 15 is 0 Å². The van der Waals surface area contributed by atoms with Crippen molar-refractivity contribution in [3.05, 3.63) is 101 Å². The summed E-state index contributed by atoms with van der Waals surface area (Å²) >= 11 is 3.52. The second-order valence-corrected chi connectivity index (χ2v) is 6.67. The Morgan fingerprint density at radius 1 is 1.00 bits per heavy atom. The number of hydroxylamine groups is 1. The number of anilines is 1. The minimum Gasteiger partial charge on any atom is -0.380 e. The van der Waals surface area contributed by atoms with Gasteiger partial charge in [0, 0.05) is 34.7 Å². The minimum absolute atomic E-state index is 0.466. The molecule has 132 valence electrons. The second kappa shape index (κ2) is 9.17. The van der Waals surface area contributed by atoms with Crippen molar-refractivity contribution >= 4 is 27.3 Å². The topological polar surface area (TPSA) is 46.2 Å². The van der Waals surface area contributed by atoms with Crippen LogP contribution in [0.2, 0.25) is 0 Å². The molecule has 3 rings (SSSR count). The SMILES string of the molecule is C=C(NOCc1ccccc1)c1cc(Br)ccc1NCc1ccncc1. The molecule has 0 bridgehead atoms. The van der Waals surface area contributed by atoms with E-state index in [1.807, 2.05) is 60.7 Å². The molecule has 0 aliphatic carbocycles. The lowest BCUT2D eigenvalue weighted by atomic mass is 10.1. The zero-order valence-electron chi connectivity index (χ0n) is 14.3. The lowest BCUT2D eigenvalue weighted by Gasteiger charge is -2.16.